The van der Waals surface area contributed by atoms with Gasteiger partial charge in [-0.2, -0.15) is 5.26 Å². The number of carbonyl (C=O) groups is 2. The number of nitrogens with two attached hydrogens (primary N) is 1. The number of rotatable bonds is 7. The van der Waals surface area contributed by atoms with E-state index in [9.17, 15) is 14.9 Å². The van der Waals surface area contributed by atoms with Crippen LogP contribution in [-0.2, 0) is 9.59 Å². The van der Waals surface area contributed by atoms with Gasteiger partial charge in [0, 0.05) is 11.4 Å². The van der Waals surface area contributed by atoms with Crippen LogP contribution in [0.15, 0.2) is 64.3 Å². The van der Waals surface area contributed by atoms with Crippen molar-refractivity contribution in [2.45, 2.75) is 12.8 Å². The lowest BCUT2D eigenvalue weighted by Gasteiger charge is -2.32. The average molecular weight is 439 g/mol. The van der Waals surface area contributed by atoms with Crippen LogP contribution in [0.1, 0.15) is 18.6 Å². The van der Waals surface area contributed by atoms with Crippen molar-refractivity contribution in [3.8, 4) is 11.8 Å². The molecular weight excluding hydrogens is 416 g/mol. The Labute approximate surface area is 184 Å². The minimum atomic E-state index is -0.863. The molecule has 2 aromatic rings. The number of nitrogens with zero attached hydrogens (tertiary/aromatic N) is 2. The second kappa shape index (κ2) is 10.00. The summed E-state index contributed by atoms with van der Waals surface area (Å²) in [5.41, 5.74) is 6.43. The Kier molecular flexibility index (Phi) is 7.15. The van der Waals surface area contributed by atoms with Gasteiger partial charge in [-0.3, -0.25) is 9.59 Å². The quantitative estimate of drug-likeness (QED) is 0.682. The van der Waals surface area contributed by atoms with E-state index in [0.717, 1.165) is 17.5 Å². The zero-order valence-corrected chi connectivity index (χ0v) is 17.7. The van der Waals surface area contributed by atoms with Crippen LogP contribution in [-0.4, -0.2) is 29.2 Å². The van der Waals surface area contributed by atoms with E-state index in [0.29, 0.717) is 23.1 Å². The number of furan rings is 1. The predicted molar refractivity (Wildman–Crippen MR) is 119 cm³/mol. The minimum Gasteiger partial charge on any atom is -0.494 e. The van der Waals surface area contributed by atoms with Crippen LogP contribution in [0.3, 0.4) is 0 Å². The summed E-state index contributed by atoms with van der Waals surface area (Å²) < 4.78 is 10.8. The van der Waals surface area contributed by atoms with Crippen molar-refractivity contribution in [2.75, 3.05) is 17.7 Å². The van der Waals surface area contributed by atoms with Crippen molar-refractivity contribution in [1.82, 2.24) is 0 Å². The number of benzene rings is 1. The number of hydrogen-bond acceptors (Lipinski definition) is 7. The number of thioether (sulfide) groups is 1. The maximum absolute atomic E-state index is 12.4. The van der Waals surface area contributed by atoms with Gasteiger partial charge in [-0.1, -0.05) is 18.3 Å². The van der Waals surface area contributed by atoms with Crippen LogP contribution in [0, 0.1) is 23.2 Å². The molecule has 1 aliphatic rings. The molecule has 0 spiro atoms. The first kappa shape index (κ1) is 22.2. The van der Waals surface area contributed by atoms with Gasteiger partial charge in [0.2, 0.25) is 11.8 Å². The van der Waals surface area contributed by atoms with Crippen molar-refractivity contribution in [3.63, 3.8) is 0 Å². The molecule has 31 heavy (non-hydrogen) atoms. The van der Waals surface area contributed by atoms with Crippen molar-refractivity contribution < 1.29 is 18.7 Å². The van der Waals surface area contributed by atoms with Gasteiger partial charge in [0.15, 0.2) is 0 Å². The van der Waals surface area contributed by atoms with E-state index in [1.165, 1.54) is 6.26 Å². The predicted octanol–water partition coefficient (Wildman–Crippen LogP) is 3.30. The molecule has 3 N–H and O–H groups in total. The summed E-state index contributed by atoms with van der Waals surface area (Å²) in [5, 5.41) is 13.0. The summed E-state index contributed by atoms with van der Waals surface area (Å²) in [4.78, 5) is 28.8. The number of aliphatic imine (C=N–C) groups is 1. The molecule has 1 aliphatic heterocycles. The second-order valence-electron chi connectivity index (χ2n) is 6.76. The third-order valence-corrected chi connectivity index (χ3v) is 5.76. The van der Waals surface area contributed by atoms with Gasteiger partial charge in [0.05, 0.1) is 41.6 Å². The molecule has 1 aromatic carbocycles. The van der Waals surface area contributed by atoms with Gasteiger partial charge in [0.25, 0.3) is 0 Å². The summed E-state index contributed by atoms with van der Waals surface area (Å²) >= 11 is 1.12. The van der Waals surface area contributed by atoms with Crippen molar-refractivity contribution in [3.05, 3.63) is 60.7 Å². The molecule has 8 nitrogen and oxygen atoms in total. The Morgan fingerprint density at radius 1 is 1.35 bits per heavy atom. The zero-order chi connectivity index (χ0) is 22.4. The Bertz CT molecular complexity index is 1020. The second-order valence-corrected chi connectivity index (χ2v) is 7.76. The molecular formula is C22H22N4O4S. The summed E-state index contributed by atoms with van der Waals surface area (Å²) in [6.45, 7) is 6.30. The highest BCUT2D eigenvalue weighted by atomic mass is 32.2. The number of nitriles is 1. The molecule has 0 aliphatic carbocycles. The first-order valence-corrected chi connectivity index (χ1v) is 10.6. The molecule has 0 bridgehead atoms. The Morgan fingerprint density at radius 2 is 2.10 bits per heavy atom. The smallest absolute Gasteiger partial charge is 0.234 e. The lowest BCUT2D eigenvalue weighted by molar-refractivity contribution is -0.121. The molecule has 0 radical (unpaired) electrons. The fourth-order valence-electron chi connectivity index (χ4n) is 3.38. The molecule has 2 heterocycles. The van der Waals surface area contributed by atoms with Gasteiger partial charge >= 0.3 is 0 Å². The largest absolute Gasteiger partial charge is 0.494 e. The van der Waals surface area contributed by atoms with Gasteiger partial charge in [-0.05, 0) is 43.3 Å². The van der Waals surface area contributed by atoms with Gasteiger partial charge in [-0.25, -0.2) is 4.99 Å². The summed E-state index contributed by atoms with van der Waals surface area (Å²) in [6.07, 6.45) is 1.47. The van der Waals surface area contributed by atoms with E-state index < -0.39 is 23.7 Å². The molecule has 2 amide bonds. The standard InChI is InChI=1S/C22H22N4O4S/c1-3-29-15-8-6-14(7-9-15)26-18(27)12-31-22-16(11-23)20(17-5-4-10-30-17)19(21(24)28)13(2)25-22/h4-10,16,19-20H,2-3,12H2,1H3,(H2,24,28)(H,26,27)/t16?,19-,20+/m1/s1. The fraction of sp³-hybridized carbons (Fsp3) is 0.273. The number of primary amides is 1. The summed E-state index contributed by atoms with van der Waals surface area (Å²) in [7, 11) is 0. The highest BCUT2D eigenvalue weighted by Gasteiger charge is 2.44. The topological polar surface area (TPSA) is 131 Å². The number of amides is 2. The van der Waals surface area contributed by atoms with Gasteiger partial charge in [-0.15, -0.1) is 0 Å². The number of ether oxygens (including phenoxy) is 1. The zero-order valence-electron chi connectivity index (χ0n) is 16.9. The van der Waals surface area contributed by atoms with E-state index in [1.807, 2.05) is 6.92 Å². The molecule has 160 valence electrons. The van der Waals surface area contributed by atoms with Crippen molar-refractivity contribution in [2.24, 2.45) is 22.6 Å². The SMILES string of the molecule is C=C1N=C(SCC(=O)Nc2ccc(OCC)cc2)C(C#N)[C@@H](c2ccco2)[C@@H]1C(N)=O. The van der Waals surface area contributed by atoms with Crippen molar-refractivity contribution in [1.29, 1.82) is 5.26 Å². The average Bonchev–Trinajstić information content (AvgIpc) is 3.27. The maximum Gasteiger partial charge on any atom is 0.234 e. The van der Waals surface area contributed by atoms with Crippen LogP contribution < -0.4 is 15.8 Å². The van der Waals surface area contributed by atoms with E-state index in [4.69, 9.17) is 14.9 Å². The molecule has 3 atom stereocenters. The molecule has 1 unspecified atom stereocenters. The normalized spacial score (nSPS) is 20.5. The number of hydrogen-bond donors (Lipinski definition) is 2. The Hall–Kier alpha value is -3.51. The Morgan fingerprint density at radius 3 is 2.68 bits per heavy atom. The number of anilines is 1. The number of nitrogens with one attached hydrogen (secondary N) is 1. The molecule has 0 fully saturated rings. The lowest BCUT2D eigenvalue weighted by atomic mass is 9.77. The van der Waals surface area contributed by atoms with Crippen LogP contribution >= 0.6 is 11.8 Å². The minimum absolute atomic E-state index is 0.0314. The van der Waals surface area contributed by atoms with Crippen molar-refractivity contribution >= 4 is 34.3 Å². The number of carbonyl (C=O) groups excluding carboxylic acids is 2. The highest BCUT2D eigenvalue weighted by molar-refractivity contribution is 8.14. The van der Waals surface area contributed by atoms with E-state index in [2.05, 4.69) is 23.0 Å². The molecule has 1 aromatic heterocycles. The Balaban J connectivity index is 1.72. The highest BCUT2D eigenvalue weighted by Crippen LogP contribution is 2.43. The lowest BCUT2D eigenvalue weighted by Crippen LogP contribution is -2.38. The first-order chi connectivity index (χ1) is 14.9. The van der Waals surface area contributed by atoms with E-state index >= 15 is 0 Å². The third-order valence-electron chi connectivity index (χ3n) is 4.71. The van der Waals surface area contributed by atoms with Crippen LogP contribution in [0.4, 0.5) is 5.69 Å². The van der Waals surface area contributed by atoms with E-state index in [-0.39, 0.29) is 17.4 Å². The summed E-state index contributed by atoms with van der Waals surface area (Å²) in [6, 6.07) is 12.6. The van der Waals surface area contributed by atoms with Crippen LogP contribution in [0.5, 0.6) is 5.75 Å². The first-order valence-electron chi connectivity index (χ1n) is 9.59. The molecule has 0 saturated carbocycles. The fourth-order valence-corrected chi connectivity index (χ4v) is 4.29. The van der Waals surface area contributed by atoms with Gasteiger partial charge in [0.1, 0.15) is 17.4 Å². The maximum atomic E-state index is 12.4. The monoisotopic (exact) mass is 438 g/mol. The molecule has 0 saturated heterocycles. The summed E-state index contributed by atoms with van der Waals surface area (Å²) in [5.74, 6) is -2.00. The molecule has 3 rings (SSSR count). The van der Waals surface area contributed by atoms with Crippen LogP contribution in [0.2, 0.25) is 0 Å². The third kappa shape index (κ3) is 5.16. The van der Waals surface area contributed by atoms with Gasteiger partial charge < -0.3 is 20.2 Å². The molecule has 9 heteroatoms. The van der Waals surface area contributed by atoms with Crippen LogP contribution in [0.25, 0.3) is 0 Å². The van der Waals surface area contributed by atoms with E-state index in [1.54, 1.807) is 36.4 Å².